The molecule has 0 rings (SSSR count). The zero-order valence-electron chi connectivity index (χ0n) is 6.29. The van der Waals surface area contributed by atoms with E-state index >= 15 is 0 Å². The van der Waals surface area contributed by atoms with Crippen molar-refractivity contribution < 1.29 is 39.5 Å². The number of carboxylic acids is 1. The first-order valence-electron chi connectivity index (χ1n) is 2.64. The van der Waals surface area contributed by atoms with Crippen molar-refractivity contribution in [2.45, 2.75) is 12.5 Å². The van der Waals surface area contributed by atoms with Crippen molar-refractivity contribution in [1.29, 1.82) is 0 Å². The molecule has 10 heavy (non-hydrogen) atoms. The van der Waals surface area contributed by atoms with E-state index in [9.17, 15) is 9.90 Å². The summed E-state index contributed by atoms with van der Waals surface area (Å²) in [5.41, 5.74) is 5.13. The van der Waals surface area contributed by atoms with Gasteiger partial charge in [0, 0.05) is 6.04 Å². The number of thioether (sulfide) groups is 1. The minimum absolute atomic E-state index is 0. The molecular weight excluding hydrogens is 161 g/mol. The predicted molar refractivity (Wildman–Crippen MR) is 36.0 cm³/mol. The van der Waals surface area contributed by atoms with Gasteiger partial charge >= 0.3 is 29.6 Å². The van der Waals surface area contributed by atoms with E-state index in [1.807, 2.05) is 6.26 Å². The molecule has 0 aromatic rings. The van der Waals surface area contributed by atoms with Gasteiger partial charge in [0.25, 0.3) is 0 Å². The third kappa shape index (κ3) is 6.89. The Morgan fingerprint density at radius 1 is 1.80 bits per heavy atom. The summed E-state index contributed by atoms with van der Waals surface area (Å²) in [7, 11) is 0. The molecule has 0 unspecified atom stereocenters. The Hall–Kier alpha value is 0.780. The zero-order chi connectivity index (χ0) is 7.28. The zero-order valence-corrected chi connectivity index (χ0v) is 9.11. The van der Waals surface area contributed by atoms with Crippen molar-refractivity contribution in [2.24, 2.45) is 5.73 Å². The van der Waals surface area contributed by atoms with Crippen LogP contribution in [0, 0.1) is 0 Å². The fraction of sp³-hybridized carbons (Fsp3) is 0.800. The molecule has 0 aliphatic rings. The number of rotatable bonds is 4. The van der Waals surface area contributed by atoms with Gasteiger partial charge in [-0.25, -0.2) is 0 Å². The molecule has 5 heteroatoms. The van der Waals surface area contributed by atoms with Crippen molar-refractivity contribution in [1.82, 2.24) is 0 Å². The summed E-state index contributed by atoms with van der Waals surface area (Å²) in [5, 5.41) is 9.96. The number of hydrogen-bond donors (Lipinski definition) is 1. The second-order valence-corrected chi connectivity index (χ2v) is 2.69. The Kier molecular flexibility index (Phi) is 10.5. The summed E-state index contributed by atoms with van der Waals surface area (Å²) in [6, 6.07) is -0.794. The SMILES string of the molecule is CSCC[C@H](N)C(=O)[O-].[Na+]. The molecule has 3 nitrogen and oxygen atoms in total. The molecule has 2 N–H and O–H groups in total. The summed E-state index contributed by atoms with van der Waals surface area (Å²) in [6.45, 7) is 0. The number of hydrogen-bond acceptors (Lipinski definition) is 4. The third-order valence-electron chi connectivity index (χ3n) is 0.936. The molecule has 0 saturated heterocycles. The van der Waals surface area contributed by atoms with E-state index < -0.39 is 12.0 Å². The van der Waals surface area contributed by atoms with Gasteiger partial charge in [0.2, 0.25) is 0 Å². The molecule has 0 heterocycles. The standard InChI is InChI=1S/C5H11NO2S.Na/c1-9-3-2-4(6)5(7)8;/h4H,2-3,6H2,1H3,(H,7,8);/q;+1/p-1/t4-;/m0./s1. The van der Waals surface area contributed by atoms with Gasteiger partial charge in [-0.2, -0.15) is 11.8 Å². The molecule has 0 bridgehead atoms. The molecule has 0 amide bonds. The van der Waals surface area contributed by atoms with Gasteiger partial charge in [-0.3, -0.25) is 0 Å². The summed E-state index contributed by atoms with van der Waals surface area (Å²) >= 11 is 1.58. The van der Waals surface area contributed by atoms with Crippen LogP contribution in [0.25, 0.3) is 0 Å². The van der Waals surface area contributed by atoms with E-state index in [4.69, 9.17) is 5.73 Å². The average Bonchev–Trinajstić information content (AvgIpc) is 1.82. The molecule has 0 spiro atoms. The maximum atomic E-state index is 9.96. The first-order valence-corrected chi connectivity index (χ1v) is 4.03. The van der Waals surface area contributed by atoms with Gasteiger partial charge in [0.1, 0.15) is 0 Å². The normalized spacial score (nSPS) is 11.8. The number of nitrogens with two attached hydrogens (primary N) is 1. The van der Waals surface area contributed by atoms with Crippen LogP contribution in [-0.2, 0) is 4.79 Å². The van der Waals surface area contributed by atoms with Crippen LogP contribution in [0.1, 0.15) is 6.42 Å². The summed E-state index contributed by atoms with van der Waals surface area (Å²) in [6.07, 6.45) is 2.39. The van der Waals surface area contributed by atoms with E-state index in [2.05, 4.69) is 0 Å². The molecule has 0 radical (unpaired) electrons. The van der Waals surface area contributed by atoms with Crippen LogP contribution in [0.2, 0.25) is 0 Å². The van der Waals surface area contributed by atoms with Crippen LogP contribution in [0.15, 0.2) is 0 Å². The largest absolute Gasteiger partial charge is 1.00 e. The summed E-state index contributed by atoms with van der Waals surface area (Å²) in [5.74, 6) is -0.390. The number of aliphatic carboxylic acids is 1. The Bertz CT molecular complexity index is 102. The maximum absolute atomic E-state index is 9.96. The van der Waals surface area contributed by atoms with E-state index in [0.29, 0.717) is 6.42 Å². The number of carbonyl (C=O) groups is 1. The first-order chi connectivity index (χ1) is 4.18. The van der Waals surface area contributed by atoms with Crippen LogP contribution in [-0.4, -0.2) is 24.0 Å². The Morgan fingerprint density at radius 3 is 2.60 bits per heavy atom. The first kappa shape index (κ1) is 13.4. The molecule has 0 aliphatic heterocycles. The van der Waals surface area contributed by atoms with E-state index in [0.717, 1.165) is 5.75 Å². The minimum atomic E-state index is -1.16. The Labute approximate surface area is 87.0 Å². The molecule has 0 fully saturated rings. The van der Waals surface area contributed by atoms with Crippen LogP contribution in [0.3, 0.4) is 0 Å². The summed E-state index contributed by atoms with van der Waals surface area (Å²) in [4.78, 5) is 9.96. The van der Waals surface area contributed by atoms with Gasteiger partial charge in [-0.15, -0.1) is 0 Å². The summed E-state index contributed by atoms with van der Waals surface area (Å²) < 4.78 is 0. The van der Waals surface area contributed by atoms with E-state index in [-0.39, 0.29) is 29.6 Å². The van der Waals surface area contributed by atoms with Crippen molar-refractivity contribution >= 4 is 17.7 Å². The molecule has 0 aromatic heterocycles. The van der Waals surface area contributed by atoms with Crippen molar-refractivity contribution in [3.05, 3.63) is 0 Å². The second-order valence-electron chi connectivity index (χ2n) is 1.71. The molecule has 0 aromatic carbocycles. The molecular formula is C5H10NNaO2S. The van der Waals surface area contributed by atoms with Crippen molar-refractivity contribution in [3.63, 3.8) is 0 Å². The number of carboxylic acid groups (broad SMARTS) is 1. The van der Waals surface area contributed by atoms with Gasteiger partial charge in [0.05, 0.1) is 5.97 Å². The maximum Gasteiger partial charge on any atom is 1.00 e. The van der Waals surface area contributed by atoms with Crippen molar-refractivity contribution in [2.75, 3.05) is 12.0 Å². The Morgan fingerprint density at radius 2 is 2.30 bits per heavy atom. The molecule has 54 valence electrons. The quantitative estimate of drug-likeness (QED) is 0.436. The second kappa shape index (κ2) is 7.88. The Balaban J connectivity index is 0. The van der Waals surface area contributed by atoms with E-state index in [1.165, 1.54) is 0 Å². The predicted octanol–water partition coefficient (Wildman–Crippen LogP) is -4.18. The third-order valence-corrected chi connectivity index (χ3v) is 1.58. The van der Waals surface area contributed by atoms with Crippen LogP contribution < -0.4 is 40.4 Å². The van der Waals surface area contributed by atoms with Crippen LogP contribution in [0.5, 0.6) is 0 Å². The van der Waals surface area contributed by atoms with Crippen LogP contribution in [0.4, 0.5) is 0 Å². The topological polar surface area (TPSA) is 66.2 Å². The number of carbonyl (C=O) groups excluding carboxylic acids is 1. The van der Waals surface area contributed by atoms with Gasteiger partial charge < -0.3 is 15.6 Å². The van der Waals surface area contributed by atoms with E-state index in [1.54, 1.807) is 11.8 Å². The fourth-order valence-corrected chi connectivity index (χ4v) is 0.852. The monoisotopic (exact) mass is 171 g/mol. The van der Waals surface area contributed by atoms with Gasteiger partial charge in [0.15, 0.2) is 0 Å². The average molecular weight is 171 g/mol. The fourth-order valence-electron chi connectivity index (χ4n) is 0.363. The molecule has 1 atom stereocenters. The van der Waals surface area contributed by atoms with Gasteiger partial charge in [-0.1, -0.05) is 0 Å². The molecule has 0 aliphatic carbocycles. The smallest absolute Gasteiger partial charge is 0.548 e. The van der Waals surface area contributed by atoms with Crippen molar-refractivity contribution in [3.8, 4) is 0 Å². The van der Waals surface area contributed by atoms with Crippen LogP contribution >= 0.6 is 11.8 Å². The van der Waals surface area contributed by atoms with Gasteiger partial charge in [-0.05, 0) is 18.4 Å². The molecule has 0 saturated carbocycles. The minimum Gasteiger partial charge on any atom is -0.548 e.